The van der Waals surface area contributed by atoms with Gasteiger partial charge in [0.1, 0.15) is 5.75 Å². The monoisotopic (exact) mass is 340 g/mol. The van der Waals surface area contributed by atoms with Crippen LogP contribution < -0.4 is 4.74 Å². The standard InChI is InChI=1S/C20H24N2O3/c1-25-18-9-7-17(8-10-18)20(24)22-13-11-21(12-14-22)15-19(23)16-5-3-2-4-6-16/h2-10,19,23H,11-15H2,1H3. The van der Waals surface area contributed by atoms with E-state index in [4.69, 9.17) is 4.74 Å². The maximum Gasteiger partial charge on any atom is 0.253 e. The van der Waals surface area contributed by atoms with E-state index in [0.717, 1.165) is 24.4 Å². The van der Waals surface area contributed by atoms with Crippen LogP contribution >= 0.6 is 0 Å². The summed E-state index contributed by atoms with van der Waals surface area (Å²) >= 11 is 0. The first kappa shape index (κ1) is 17.5. The Bertz CT molecular complexity index is 680. The van der Waals surface area contributed by atoms with Crippen molar-refractivity contribution >= 4 is 5.91 Å². The van der Waals surface area contributed by atoms with E-state index in [9.17, 15) is 9.90 Å². The van der Waals surface area contributed by atoms with Crippen LogP contribution in [0.5, 0.6) is 5.75 Å². The van der Waals surface area contributed by atoms with Crippen LogP contribution in [0.1, 0.15) is 22.0 Å². The van der Waals surface area contributed by atoms with Gasteiger partial charge in [-0.15, -0.1) is 0 Å². The maximum atomic E-state index is 12.6. The molecule has 2 aromatic carbocycles. The van der Waals surface area contributed by atoms with Gasteiger partial charge in [0, 0.05) is 38.3 Å². The lowest BCUT2D eigenvalue weighted by Gasteiger charge is -2.35. The molecule has 0 saturated carbocycles. The average Bonchev–Trinajstić information content (AvgIpc) is 2.69. The Morgan fingerprint density at radius 1 is 1.04 bits per heavy atom. The summed E-state index contributed by atoms with van der Waals surface area (Å²) in [6.45, 7) is 3.48. The molecule has 5 heteroatoms. The zero-order valence-electron chi connectivity index (χ0n) is 14.5. The summed E-state index contributed by atoms with van der Waals surface area (Å²) in [6.07, 6.45) is -0.495. The molecule has 1 saturated heterocycles. The van der Waals surface area contributed by atoms with E-state index < -0.39 is 6.10 Å². The number of aliphatic hydroxyl groups excluding tert-OH is 1. The van der Waals surface area contributed by atoms with E-state index in [1.165, 1.54) is 0 Å². The molecule has 25 heavy (non-hydrogen) atoms. The molecule has 1 aliphatic heterocycles. The van der Waals surface area contributed by atoms with Crippen molar-refractivity contribution in [3.63, 3.8) is 0 Å². The van der Waals surface area contributed by atoms with E-state index in [-0.39, 0.29) is 5.91 Å². The van der Waals surface area contributed by atoms with Crippen molar-refractivity contribution in [2.24, 2.45) is 0 Å². The second-order valence-corrected chi connectivity index (χ2v) is 6.25. The summed E-state index contributed by atoms with van der Waals surface area (Å²) in [7, 11) is 1.61. The lowest BCUT2D eigenvalue weighted by atomic mass is 10.1. The number of carbonyl (C=O) groups is 1. The number of aliphatic hydroxyl groups is 1. The molecular weight excluding hydrogens is 316 g/mol. The molecule has 0 spiro atoms. The fourth-order valence-corrected chi connectivity index (χ4v) is 3.07. The van der Waals surface area contributed by atoms with Crippen molar-refractivity contribution < 1.29 is 14.6 Å². The van der Waals surface area contributed by atoms with E-state index in [2.05, 4.69) is 4.90 Å². The van der Waals surface area contributed by atoms with Crippen LogP contribution in [-0.2, 0) is 0 Å². The molecule has 0 bridgehead atoms. The number of amides is 1. The number of carbonyl (C=O) groups excluding carboxylic acids is 1. The Morgan fingerprint density at radius 2 is 1.68 bits per heavy atom. The van der Waals surface area contributed by atoms with Gasteiger partial charge in [-0.25, -0.2) is 0 Å². The first-order valence-corrected chi connectivity index (χ1v) is 8.56. The first-order valence-electron chi connectivity index (χ1n) is 8.56. The van der Waals surface area contributed by atoms with E-state index >= 15 is 0 Å². The predicted molar refractivity (Wildman–Crippen MR) is 96.7 cm³/mol. The number of rotatable bonds is 5. The summed E-state index contributed by atoms with van der Waals surface area (Å²) < 4.78 is 5.13. The number of ether oxygens (including phenoxy) is 1. The molecule has 1 atom stereocenters. The summed E-state index contributed by atoms with van der Waals surface area (Å²) in [5.74, 6) is 0.794. The van der Waals surface area contributed by atoms with Gasteiger partial charge in [-0.1, -0.05) is 30.3 Å². The van der Waals surface area contributed by atoms with E-state index in [1.807, 2.05) is 35.2 Å². The molecule has 3 rings (SSSR count). The highest BCUT2D eigenvalue weighted by Crippen LogP contribution is 2.17. The highest BCUT2D eigenvalue weighted by atomic mass is 16.5. The van der Waals surface area contributed by atoms with Crippen molar-refractivity contribution in [3.8, 4) is 5.75 Å². The normalized spacial score (nSPS) is 16.5. The molecular formula is C20H24N2O3. The highest BCUT2D eigenvalue weighted by Gasteiger charge is 2.23. The van der Waals surface area contributed by atoms with Gasteiger partial charge in [-0.05, 0) is 29.8 Å². The zero-order chi connectivity index (χ0) is 17.6. The van der Waals surface area contributed by atoms with Crippen molar-refractivity contribution in [2.75, 3.05) is 39.8 Å². The largest absolute Gasteiger partial charge is 0.497 e. The molecule has 5 nitrogen and oxygen atoms in total. The van der Waals surface area contributed by atoms with E-state index in [1.54, 1.807) is 31.4 Å². The quantitative estimate of drug-likeness (QED) is 0.906. The lowest BCUT2D eigenvalue weighted by Crippen LogP contribution is -2.49. The Labute approximate surface area is 148 Å². The van der Waals surface area contributed by atoms with Crippen LogP contribution in [0.25, 0.3) is 0 Å². The van der Waals surface area contributed by atoms with Crippen LogP contribution in [0.4, 0.5) is 0 Å². The molecule has 2 aromatic rings. The molecule has 1 aliphatic rings. The van der Waals surface area contributed by atoms with Crippen molar-refractivity contribution in [3.05, 3.63) is 65.7 Å². The minimum absolute atomic E-state index is 0.0471. The minimum atomic E-state index is -0.495. The van der Waals surface area contributed by atoms with Crippen LogP contribution in [-0.4, -0.2) is 60.6 Å². The lowest BCUT2D eigenvalue weighted by molar-refractivity contribution is 0.0527. The number of β-amino-alcohol motifs (C(OH)–C–C–N with tert-alkyl or cyclic N) is 1. The average molecular weight is 340 g/mol. The number of piperazine rings is 1. The van der Waals surface area contributed by atoms with Crippen LogP contribution in [0, 0.1) is 0 Å². The molecule has 1 fully saturated rings. The Balaban J connectivity index is 1.51. The predicted octanol–water partition coefficient (Wildman–Crippen LogP) is 2.19. The minimum Gasteiger partial charge on any atom is -0.497 e. The third kappa shape index (κ3) is 4.38. The molecule has 1 N–H and O–H groups in total. The van der Waals surface area contributed by atoms with E-state index in [0.29, 0.717) is 25.2 Å². The van der Waals surface area contributed by atoms with Gasteiger partial charge in [0.05, 0.1) is 13.2 Å². The highest BCUT2D eigenvalue weighted by molar-refractivity contribution is 5.94. The Morgan fingerprint density at radius 3 is 2.28 bits per heavy atom. The maximum absolute atomic E-state index is 12.6. The zero-order valence-corrected chi connectivity index (χ0v) is 14.5. The first-order chi connectivity index (χ1) is 12.2. The number of benzene rings is 2. The Kier molecular flexibility index (Phi) is 5.68. The third-order valence-corrected chi connectivity index (χ3v) is 4.61. The summed E-state index contributed by atoms with van der Waals surface area (Å²) in [4.78, 5) is 16.6. The number of hydrogen-bond acceptors (Lipinski definition) is 4. The molecule has 132 valence electrons. The van der Waals surface area contributed by atoms with Gasteiger partial charge < -0.3 is 14.7 Å². The SMILES string of the molecule is COc1ccc(C(=O)N2CCN(CC(O)c3ccccc3)CC2)cc1. The second kappa shape index (κ2) is 8.14. The number of nitrogens with zero attached hydrogens (tertiary/aromatic N) is 2. The summed E-state index contributed by atoms with van der Waals surface area (Å²) in [5.41, 5.74) is 1.61. The summed E-state index contributed by atoms with van der Waals surface area (Å²) in [5, 5.41) is 10.3. The van der Waals surface area contributed by atoms with Crippen LogP contribution in [0.2, 0.25) is 0 Å². The number of methoxy groups -OCH3 is 1. The molecule has 1 unspecified atom stereocenters. The van der Waals surface area contributed by atoms with Gasteiger partial charge in [-0.3, -0.25) is 9.69 Å². The smallest absolute Gasteiger partial charge is 0.253 e. The summed E-state index contributed by atoms with van der Waals surface area (Å²) in [6, 6.07) is 16.9. The van der Waals surface area contributed by atoms with Gasteiger partial charge in [0.25, 0.3) is 5.91 Å². The van der Waals surface area contributed by atoms with Crippen molar-refractivity contribution in [1.82, 2.24) is 9.80 Å². The number of hydrogen-bond donors (Lipinski definition) is 1. The molecule has 0 aromatic heterocycles. The molecule has 1 amide bonds. The van der Waals surface area contributed by atoms with Gasteiger partial charge in [-0.2, -0.15) is 0 Å². The van der Waals surface area contributed by atoms with Gasteiger partial charge in [0.15, 0.2) is 0 Å². The van der Waals surface area contributed by atoms with Crippen molar-refractivity contribution in [2.45, 2.75) is 6.10 Å². The molecule has 1 heterocycles. The fourth-order valence-electron chi connectivity index (χ4n) is 3.07. The van der Waals surface area contributed by atoms with Crippen molar-refractivity contribution in [1.29, 1.82) is 0 Å². The van der Waals surface area contributed by atoms with Gasteiger partial charge in [0.2, 0.25) is 0 Å². The fraction of sp³-hybridized carbons (Fsp3) is 0.350. The van der Waals surface area contributed by atoms with Gasteiger partial charge >= 0.3 is 0 Å². The molecule has 0 radical (unpaired) electrons. The second-order valence-electron chi connectivity index (χ2n) is 6.25. The Hall–Kier alpha value is -2.37. The topological polar surface area (TPSA) is 53.0 Å². The van der Waals surface area contributed by atoms with Crippen LogP contribution in [0.3, 0.4) is 0 Å². The van der Waals surface area contributed by atoms with Crippen LogP contribution in [0.15, 0.2) is 54.6 Å². The third-order valence-electron chi connectivity index (χ3n) is 4.61. The molecule has 0 aliphatic carbocycles.